The van der Waals surface area contributed by atoms with E-state index in [1.807, 2.05) is 54.4 Å². The molecule has 0 unspecified atom stereocenters. The highest BCUT2D eigenvalue weighted by molar-refractivity contribution is 5.97. The zero-order valence-corrected chi connectivity index (χ0v) is 21.0. The van der Waals surface area contributed by atoms with Crippen LogP contribution >= 0.6 is 0 Å². The standard InChI is InChI=1S/C27H40N4O2/c1-20(2)12-14-31(15-13-21(3)4)27(32)23-10-11-25(26(17-23)28-5)30-19-29-18-22-8-7-9-24(16-22)33-6/h7-11,16-17,19-21,28H,12-15,18H2,1-6H3,(H,29,30). The summed E-state index contributed by atoms with van der Waals surface area (Å²) in [5, 5.41) is 6.42. The molecule has 2 N–H and O–H groups in total. The average molecular weight is 453 g/mol. The Labute approximate surface area is 199 Å². The molecule has 2 rings (SSSR count). The van der Waals surface area contributed by atoms with Crippen LogP contribution in [0.2, 0.25) is 0 Å². The summed E-state index contributed by atoms with van der Waals surface area (Å²) in [6, 6.07) is 13.6. The molecule has 2 aromatic rings. The van der Waals surface area contributed by atoms with Gasteiger partial charge in [0.25, 0.3) is 5.91 Å². The van der Waals surface area contributed by atoms with Gasteiger partial charge in [-0.15, -0.1) is 0 Å². The lowest BCUT2D eigenvalue weighted by molar-refractivity contribution is 0.0741. The predicted octanol–water partition coefficient (Wildman–Crippen LogP) is 5.91. The van der Waals surface area contributed by atoms with Crippen LogP contribution in [0.1, 0.15) is 56.5 Å². The van der Waals surface area contributed by atoms with Crippen LogP contribution in [0.3, 0.4) is 0 Å². The molecule has 6 heteroatoms. The SMILES string of the molecule is CNc1cc(C(=O)N(CCC(C)C)CCC(C)C)ccc1NC=NCc1cccc(OC)c1. The lowest BCUT2D eigenvalue weighted by Crippen LogP contribution is -2.34. The van der Waals surface area contributed by atoms with Crippen molar-refractivity contribution in [2.75, 3.05) is 37.9 Å². The molecule has 2 aromatic carbocycles. The maximum absolute atomic E-state index is 13.3. The minimum Gasteiger partial charge on any atom is -0.497 e. The molecule has 0 atom stereocenters. The highest BCUT2D eigenvalue weighted by Crippen LogP contribution is 2.24. The predicted molar refractivity (Wildman–Crippen MR) is 140 cm³/mol. The number of rotatable bonds is 13. The maximum atomic E-state index is 13.3. The summed E-state index contributed by atoms with van der Waals surface area (Å²) in [6.45, 7) is 10.9. The normalized spacial score (nSPS) is 11.3. The zero-order chi connectivity index (χ0) is 24.2. The Bertz CT molecular complexity index is 897. The number of carbonyl (C=O) groups is 1. The van der Waals surface area contributed by atoms with Crippen molar-refractivity contribution in [2.24, 2.45) is 16.8 Å². The molecule has 0 saturated carbocycles. The topological polar surface area (TPSA) is 66.0 Å². The van der Waals surface area contributed by atoms with Gasteiger partial charge in [-0.2, -0.15) is 0 Å². The van der Waals surface area contributed by atoms with Crippen molar-refractivity contribution >= 4 is 23.6 Å². The van der Waals surface area contributed by atoms with Crippen molar-refractivity contribution < 1.29 is 9.53 Å². The third kappa shape index (κ3) is 8.79. The lowest BCUT2D eigenvalue weighted by Gasteiger charge is -2.25. The quantitative estimate of drug-likeness (QED) is 0.293. The number of methoxy groups -OCH3 is 1. The molecule has 180 valence electrons. The van der Waals surface area contributed by atoms with Crippen LogP contribution < -0.4 is 15.4 Å². The zero-order valence-electron chi connectivity index (χ0n) is 21.0. The Kier molecular flexibility index (Phi) is 10.7. The van der Waals surface area contributed by atoms with Gasteiger partial charge in [-0.1, -0.05) is 39.8 Å². The molecule has 0 bridgehead atoms. The minimum atomic E-state index is 0.0889. The number of hydrogen-bond donors (Lipinski definition) is 2. The molecule has 0 aliphatic heterocycles. The Morgan fingerprint density at radius 3 is 2.33 bits per heavy atom. The Hall–Kier alpha value is -3.02. The van der Waals surface area contributed by atoms with Crippen LogP contribution in [0, 0.1) is 11.8 Å². The second kappa shape index (κ2) is 13.5. The highest BCUT2D eigenvalue weighted by Gasteiger charge is 2.17. The monoisotopic (exact) mass is 452 g/mol. The molecule has 6 nitrogen and oxygen atoms in total. The molecule has 0 aliphatic carbocycles. The summed E-state index contributed by atoms with van der Waals surface area (Å²) in [5.41, 5.74) is 3.51. The molecule has 0 aliphatic rings. The third-order valence-electron chi connectivity index (χ3n) is 5.50. The van der Waals surface area contributed by atoms with Crippen molar-refractivity contribution in [3.63, 3.8) is 0 Å². The lowest BCUT2D eigenvalue weighted by atomic mass is 10.1. The van der Waals surface area contributed by atoms with Gasteiger partial charge in [-0.25, -0.2) is 0 Å². The number of nitrogens with zero attached hydrogens (tertiary/aromatic N) is 2. The smallest absolute Gasteiger partial charge is 0.253 e. The van der Waals surface area contributed by atoms with E-state index in [0.29, 0.717) is 23.9 Å². The molecule has 0 aromatic heterocycles. The molecular formula is C27H40N4O2. The minimum absolute atomic E-state index is 0.0889. The van der Waals surface area contributed by atoms with Crippen molar-refractivity contribution in [1.29, 1.82) is 0 Å². The van der Waals surface area contributed by atoms with Gasteiger partial charge in [0.1, 0.15) is 5.75 Å². The van der Waals surface area contributed by atoms with E-state index in [2.05, 4.69) is 43.3 Å². The van der Waals surface area contributed by atoms with Gasteiger partial charge in [0.15, 0.2) is 0 Å². The summed E-state index contributed by atoms with van der Waals surface area (Å²) in [4.78, 5) is 19.7. The number of anilines is 2. The second-order valence-electron chi connectivity index (χ2n) is 9.13. The van der Waals surface area contributed by atoms with Gasteiger partial charge in [0, 0.05) is 25.7 Å². The Morgan fingerprint density at radius 1 is 1.03 bits per heavy atom. The fourth-order valence-electron chi connectivity index (χ4n) is 3.37. The van der Waals surface area contributed by atoms with E-state index < -0.39 is 0 Å². The van der Waals surface area contributed by atoms with Crippen LogP contribution in [0.25, 0.3) is 0 Å². The van der Waals surface area contributed by atoms with Gasteiger partial charge in [-0.05, 0) is 60.6 Å². The van der Waals surface area contributed by atoms with E-state index in [9.17, 15) is 4.79 Å². The van der Waals surface area contributed by atoms with Crippen molar-refractivity contribution in [3.05, 3.63) is 53.6 Å². The van der Waals surface area contributed by atoms with Crippen LogP contribution in [-0.2, 0) is 6.54 Å². The first-order valence-corrected chi connectivity index (χ1v) is 11.8. The molecule has 0 radical (unpaired) electrons. The fraction of sp³-hybridized carbons (Fsp3) is 0.481. The van der Waals surface area contributed by atoms with E-state index in [-0.39, 0.29) is 5.91 Å². The summed E-state index contributed by atoms with van der Waals surface area (Å²) in [5.74, 6) is 2.04. The van der Waals surface area contributed by atoms with E-state index in [0.717, 1.165) is 48.6 Å². The van der Waals surface area contributed by atoms with E-state index in [1.165, 1.54) is 0 Å². The largest absolute Gasteiger partial charge is 0.497 e. The molecule has 33 heavy (non-hydrogen) atoms. The van der Waals surface area contributed by atoms with E-state index in [4.69, 9.17) is 4.74 Å². The third-order valence-corrected chi connectivity index (χ3v) is 5.50. The fourth-order valence-corrected chi connectivity index (χ4v) is 3.37. The van der Waals surface area contributed by atoms with Crippen LogP contribution in [0.4, 0.5) is 11.4 Å². The van der Waals surface area contributed by atoms with Gasteiger partial charge in [0.2, 0.25) is 0 Å². The van der Waals surface area contributed by atoms with Gasteiger partial charge in [0.05, 0.1) is 31.4 Å². The van der Waals surface area contributed by atoms with Crippen LogP contribution in [-0.4, -0.2) is 44.4 Å². The van der Waals surface area contributed by atoms with Gasteiger partial charge < -0.3 is 20.3 Å². The van der Waals surface area contributed by atoms with Crippen molar-refractivity contribution in [2.45, 2.75) is 47.1 Å². The molecular weight excluding hydrogens is 412 g/mol. The number of hydrogen-bond acceptors (Lipinski definition) is 4. The number of ether oxygens (including phenoxy) is 1. The number of benzene rings is 2. The van der Waals surface area contributed by atoms with E-state index >= 15 is 0 Å². The summed E-state index contributed by atoms with van der Waals surface area (Å²) >= 11 is 0. The second-order valence-corrected chi connectivity index (χ2v) is 9.13. The summed E-state index contributed by atoms with van der Waals surface area (Å²) in [7, 11) is 3.52. The Balaban J connectivity index is 2.07. The first kappa shape index (κ1) is 26.2. The molecule has 0 heterocycles. The summed E-state index contributed by atoms with van der Waals surface area (Å²) in [6.07, 6.45) is 3.70. The maximum Gasteiger partial charge on any atom is 0.253 e. The molecule has 0 fully saturated rings. The molecule has 0 spiro atoms. The number of aliphatic imine (C=N–C) groups is 1. The first-order chi connectivity index (χ1) is 15.8. The van der Waals surface area contributed by atoms with E-state index in [1.54, 1.807) is 13.4 Å². The van der Waals surface area contributed by atoms with Crippen LogP contribution in [0.15, 0.2) is 47.5 Å². The van der Waals surface area contributed by atoms with Crippen LogP contribution in [0.5, 0.6) is 5.75 Å². The highest BCUT2D eigenvalue weighted by atomic mass is 16.5. The van der Waals surface area contributed by atoms with Gasteiger partial charge in [-0.3, -0.25) is 9.79 Å². The van der Waals surface area contributed by atoms with Crippen molar-refractivity contribution in [3.8, 4) is 5.75 Å². The number of carbonyl (C=O) groups excluding carboxylic acids is 1. The number of nitrogens with one attached hydrogen (secondary N) is 2. The Morgan fingerprint density at radius 2 is 1.73 bits per heavy atom. The molecule has 0 saturated heterocycles. The van der Waals surface area contributed by atoms with Crippen molar-refractivity contribution in [1.82, 2.24) is 4.90 Å². The molecule has 1 amide bonds. The average Bonchev–Trinajstić information content (AvgIpc) is 2.81. The number of amides is 1. The first-order valence-electron chi connectivity index (χ1n) is 11.8. The van der Waals surface area contributed by atoms with Gasteiger partial charge >= 0.3 is 0 Å². The summed E-state index contributed by atoms with van der Waals surface area (Å²) < 4.78 is 5.25.